The Morgan fingerprint density at radius 1 is 0.824 bits per heavy atom. The average Bonchev–Trinajstić information content (AvgIpc) is 2.77. The maximum absolute atomic E-state index is 11.1. The first-order valence-corrected chi connectivity index (χ1v) is 11.6. The number of hydrogen-bond donors (Lipinski definition) is 5. The number of nitrogens with one attached hydrogen (secondary N) is 2. The number of hydrogen-bond acceptors (Lipinski definition) is 11. The predicted molar refractivity (Wildman–Crippen MR) is 137 cm³/mol. The molecule has 34 heavy (non-hydrogen) atoms. The fourth-order valence-electron chi connectivity index (χ4n) is 3.07. The van der Waals surface area contributed by atoms with E-state index in [0.717, 1.165) is 23.0 Å². The second kappa shape index (κ2) is 10.4. The molecule has 2 amide bonds. The molecular weight excluding hydrogens is 480 g/mol. The van der Waals surface area contributed by atoms with Gasteiger partial charge in [0.2, 0.25) is 0 Å². The van der Waals surface area contributed by atoms with Crippen LogP contribution < -0.4 is 28.1 Å². The molecule has 12 nitrogen and oxygen atoms in total. The fourth-order valence-corrected chi connectivity index (χ4v) is 4.51. The fraction of sp³-hybridized carbons (Fsp3) is 0.200. The maximum atomic E-state index is 11.1. The third-order valence-electron chi connectivity index (χ3n) is 4.78. The van der Waals surface area contributed by atoms with Crippen molar-refractivity contribution in [2.24, 2.45) is 10.2 Å². The zero-order valence-corrected chi connectivity index (χ0v) is 19.8. The van der Waals surface area contributed by atoms with Gasteiger partial charge in [-0.25, -0.2) is 10.9 Å². The molecule has 0 aromatic heterocycles. The van der Waals surface area contributed by atoms with Crippen LogP contribution in [-0.4, -0.2) is 37.3 Å². The van der Waals surface area contributed by atoms with Crippen molar-refractivity contribution >= 4 is 68.2 Å². The minimum absolute atomic E-state index is 0.0109. The first kappa shape index (κ1) is 24.9. The molecule has 0 saturated carbocycles. The van der Waals surface area contributed by atoms with Gasteiger partial charge in [0.05, 0.1) is 38.2 Å². The lowest BCUT2D eigenvalue weighted by molar-refractivity contribution is -0.383. The number of nitrogen functional groups attached to an aromatic ring is 3. The highest BCUT2D eigenvalue weighted by Gasteiger charge is 2.25. The molecule has 0 fully saturated rings. The molecule has 8 N–H and O–H groups in total. The van der Waals surface area contributed by atoms with Gasteiger partial charge >= 0.3 is 0 Å². The number of nitrogens with zero attached hydrogens (tertiary/aromatic N) is 3. The summed E-state index contributed by atoms with van der Waals surface area (Å²) in [5.41, 5.74) is 25.5. The van der Waals surface area contributed by atoms with E-state index in [0.29, 0.717) is 22.6 Å². The number of hydrazone groups is 2. The minimum Gasteiger partial charge on any atom is -0.397 e. The number of rotatable bonds is 3. The summed E-state index contributed by atoms with van der Waals surface area (Å²) in [7, 11) is 0. The summed E-state index contributed by atoms with van der Waals surface area (Å²) in [5, 5.41) is 18.2. The quantitative estimate of drug-likeness (QED) is 0.237. The first-order chi connectivity index (χ1) is 16.1. The van der Waals surface area contributed by atoms with E-state index >= 15 is 0 Å². The number of carbonyl (C=O) groups excluding carboxylic acids is 2. The Morgan fingerprint density at radius 3 is 1.74 bits per heavy atom. The Balaban J connectivity index is 0.000000192. The summed E-state index contributed by atoms with van der Waals surface area (Å²) in [6, 6.07) is 9.82. The second-order valence-electron chi connectivity index (χ2n) is 7.19. The Labute approximate surface area is 202 Å². The van der Waals surface area contributed by atoms with Crippen molar-refractivity contribution in [3.63, 3.8) is 0 Å². The highest BCUT2D eigenvalue weighted by atomic mass is 32.2. The van der Waals surface area contributed by atoms with Gasteiger partial charge in [0.15, 0.2) is 0 Å². The van der Waals surface area contributed by atoms with E-state index in [1.807, 2.05) is 19.9 Å². The third kappa shape index (κ3) is 5.77. The van der Waals surface area contributed by atoms with Crippen LogP contribution in [0.2, 0.25) is 0 Å². The minimum atomic E-state index is -0.543. The van der Waals surface area contributed by atoms with Crippen molar-refractivity contribution in [1.29, 1.82) is 0 Å². The van der Waals surface area contributed by atoms with Gasteiger partial charge in [-0.15, -0.1) is 0 Å². The molecule has 2 aliphatic heterocycles. The summed E-state index contributed by atoms with van der Waals surface area (Å²) in [4.78, 5) is 32.4. The Morgan fingerprint density at radius 2 is 1.29 bits per heavy atom. The van der Waals surface area contributed by atoms with E-state index in [1.165, 1.54) is 23.9 Å². The van der Waals surface area contributed by atoms with E-state index in [9.17, 15) is 19.7 Å². The molecule has 0 saturated heterocycles. The molecule has 2 atom stereocenters. The van der Waals surface area contributed by atoms with Gasteiger partial charge in [-0.2, -0.15) is 10.2 Å². The highest BCUT2D eigenvalue weighted by molar-refractivity contribution is 8.15. The topological polar surface area (TPSA) is 204 Å². The summed E-state index contributed by atoms with van der Waals surface area (Å²) in [6.07, 6.45) is 0. The molecule has 2 aromatic rings. The average molecular weight is 503 g/mol. The van der Waals surface area contributed by atoms with Crippen molar-refractivity contribution in [1.82, 2.24) is 10.9 Å². The summed E-state index contributed by atoms with van der Waals surface area (Å²) >= 11 is 2.28. The van der Waals surface area contributed by atoms with Gasteiger partial charge in [0.25, 0.3) is 16.2 Å². The van der Waals surface area contributed by atoms with Gasteiger partial charge in [-0.1, -0.05) is 35.7 Å². The van der Waals surface area contributed by atoms with Crippen molar-refractivity contribution < 1.29 is 14.5 Å². The highest BCUT2D eigenvalue weighted by Crippen LogP contribution is 2.27. The number of nitrogens with two attached hydrogens (primary N) is 3. The smallest absolute Gasteiger partial charge is 0.299 e. The van der Waals surface area contributed by atoms with Gasteiger partial charge in [0.1, 0.15) is 5.69 Å². The van der Waals surface area contributed by atoms with Crippen LogP contribution in [0.1, 0.15) is 25.0 Å². The van der Waals surface area contributed by atoms with Crippen LogP contribution >= 0.6 is 23.5 Å². The van der Waals surface area contributed by atoms with Crippen LogP contribution in [-0.2, 0) is 0 Å². The molecule has 0 radical (unpaired) electrons. The molecule has 2 aliphatic rings. The second-order valence-corrected chi connectivity index (χ2v) is 9.81. The number of amides is 2. The molecule has 0 spiro atoms. The molecule has 14 heteroatoms. The Kier molecular flexibility index (Phi) is 7.63. The molecular formula is C20H22N8O4S2. The Bertz CT molecular complexity index is 1220. The van der Waals surface area contributed by atoms with Crippen molar-refractivity contribution in [2.45, 2.75) is 24.3 Å². The third-order valence-corrected chi connectivity index (χ3v) is 6.54. The molecule has 0 aliphatic carbocycles. The molecule has 2 heterocycles. The molecule has 2 aromatic carbocycles. The zero-order valence-electron chi connectivity index (χ0n) is 18.1. The number of nitro benzene ring substituents is 1. The molecule has 2 unspecified atom stereocenters. The van der Waals surface area contributed by atoms with Crippen LogP contribution in [0.25, 0.3) is 0 Å². The lowest BCUT2D eigenvalue weighted by atomic mass is 10.1. The van der Waals surface area contributed by atoms with E-state index < -0.39 is 4.92 Å². The predicted octanol–water partition coefficient (Wildman–Crippen LogP) is 3.13. The summed E-state index contributed by atoms with van der Waals surface area (Å²) < 4.78 is 0. The Hall–Kier alpha value is -3.78. The van der Waals surface area contributed by atoms with Crippen LogP contribution in [0.4, 0.5) is 32.3 Å². The first-order valence-electron chi connectivity index (χ1n) is 9.85. The lowest BCUT2D eigenvalue weighted by Crippen LogP contribution is -2.29. The van der Waals surface area contributed by atoms with Crippen molar-refractivity contribution in [2.75, 3.05) is 17.2 Å². The summed E-state index contributed by atoms with van der Waals surface area (Å²) in [6.45, 7) is 3.74. The van der Waals surface area contributed by atoms with E-state index in [-0.39, 0.29) is 32.4 Å². The normalized spacial score (nSPS) is 19.6. The standard InChI is InChI=1S/C10H10N4O3S.C10H12N4OS/c1-5-9(12-13-10(15)18-5)6-2-3-7(11)8(4-6)14(16)17;1-5-9(13-14-10(15)16-5)6-2-3-7(11)8(12)4-6/h2-5H,11H2,1H3,(H,13,15);2-5H,11-12H2,1H3,(H,14,15). The molecule has 0 bridgehead atoms. The van der Waals surface area contributed by atoms with Crippen LogP contribution in [0.15, 0.2) is 46.6 Å². The van der Waals surface area contributed by atoms with Crippen molar-refractivity contribution in [3.05, 3.63) is 57.6 Å². The van der Waals surface area contributed by atoms with Crippen LogP contribution in [0, 0.1) is 10.1 Å². The zero-order chi connectivity index (χ0) is 25.0. The summed E-state index contributed by atoms with van der Waals surface area (Å²) in [5.74, 6) is 0. The van der Waals surface area contributed by atoms with E-state index in [2.05, 4.69) is 21.1 Å². The monoisotopic (exact) mass is 502 g/mol. The van der Waals surface area contributed by atoms with Gasteiger partial charge in [0, 0.05) is 17.2 Å². The van der Waals surface area contributed by atoms with Crippen molar-refractivity contribution in [3.8, 4) is 0 Å². The number of nitro groups is 1. The maximum Gasteiger partial charge on any atom is 0.299 e. The van der Waals surface area contributed by atoms with Crippen LogP contribution in [0.3, 0.4) is 0 Å². The lowest BCUT2D eigenvalue weighted by Gasteiger charge is -2.18. The largest absolute Gasteiger partial charge is 0.397 e. The molecule has 4 rings (SSSR count). The molecule has 178 valence electrons. The van der Waals surface area contributed by atoms with Crippen LogP contribution in [0.5, 0.6) is 0 Å². The number of anilines is 3. The van der Waals surface area contributed by atoms with E-state index in [4.69, 9.17) is 17.2 Å². The van der Waals surface area contributed by atoms with Gasteiger partial charge in [-0.3, -0.25) is 19.7 Å². The van der Waals surface area contributed by atoms with Gasteiger partial charge < -0.3 is 17.2 Å². The van der Waals surface area contributed by atoms with E-state index in [1.54, 1.807) is 18.2 Å². The number of benzene rings is 2. The number of thioether (sulfide) groups is 2. The number of carbonyl (C=O) groups is 2. The SMILES string of the molecule is CC1SC(=O)NN=C1c1ccc(N)c(N)c1.CC1SC(=O)NN=C1c1ccc(N)c([N+](=O)[O-])c1. The van der Waals surface area contributed by atoms with Gasteiger partial charge in [-0.05, 0) is 32.0 Å².